The van der Waals surface area contributed by atoms with E-state index in [0.29, 0.717) is 12.1 Å². The molecule has 0 atom stereocenters. The first-order chi connectivity index (χ1) is 5.72. The van der Waals surface area contributed by atoms with Crippen LogP contribution in [0.2, 0.25) is 0 Å². The van der Waals surface area contributed by atoms with Crippen LogP contribution in [0.15, 0.2) is 36.1 Å². The standard InChI is InChI=1S/C9H15NO2/c1-8(12)9(7-11)5-3-2-4-6-10/h2-3,5,11-12H,1,4,6-7,10H2/b3-2+,9-5-. The van der Waals surface area contributed by atoms with Gasteiger partial charge >= 0.3 is 0 Å². The predicted octanol–water partition coefficient (Wildman–Crippen LogP) is 0.882. The van der Waals surface area contributed by atoms with Crippen molar-refractivity contribution in [2.24, 2.45) is 5.73 Å². The van der Waals surface area contributed by atoms with E-state index in [2.05, 4.69) is 6.58 Å². The minimum absolute atomic E-state index is 0.102. The molecule has 0 radical (unpaired) electrons. The molecule has 3 nitrogen and oxygen atoms in total. The Morgan fingerprint density at radius 1 is 1.50 bits per heavy atom. The van der Waals surface area contributed by atoms with Crippen LogP contribution in [-0.2, 0) is 0 Å². The van der Waals surface area contributed by atoms with E-state index in [1.165, 1.54) is 0 Å². The van der Waals surface area contributed by atoms with Gasteiger partial charge in [-0.2, -0.15) is 0 Å². The molecule has 0 rings (SSSR count). The van der Waals surface area contributed by atoms with Gasteiger partial charge in [0.05, 0.1) is 6.61 Å². The minimum Gasteiger partial charge on any atom is -0.508 e. The number of hydrogen-bond donors (Lipinski definition) is 3. The summed E-state index contributed by atoms with van der Waals surface area (Å²) in [5.41, 5.74) is 5.67. The van der Waals surface area contributed by atoms with E-state index in [-0.39, 0.29) is 12.4 Å². The Balaban J connectivity index is 4.02. The zero-order valence-corrected chi connectivity index (χ0v) is 7.03. The van der Waals surface area contributed by atoms with Gasteiger partial charge in [-0.1, -0.05) is 24.8 Å². The number of allylic oxidation sites excluding steroid dienone is 2. The summed E-state index contributed by atoms with van der Waals surface area (Å²) in [6, 6.07) is 0. The van der Waals surface area contributed by atoms with Crippen molar-refractivity contribution in [2.45, 2.75) is 6.42 Å². The van der Waals surface area contributed by atoms with Gasteiger partial charge in [0, 0.05) is 5.57 Å². The maximum absolute atomic E-state index is 8.89. The molecule has 0 unspecified atom stereocenters. The van der Waals surface area contributed by atoms with E-state index < -0.39 is 0 Å². The van der Waals surface area contributed by atoms with E-state index in [1.54, 1.807) is 12.2 Å². The molecule has 0 spiro atoms. The summed E-state index contributed by atoms with van der Waals surface area (Å²) < 4.78 is 0. The van der Waals surface area contributed by atoms with Crippen LogP contribution in [0.4, 0.5) is 0 Å². The Kier molecular flexibility index (Phi) is 6.05. The fraction of sp³-hybridized carbons (Fsp3) is 0.333. The van der Waals surface area contributed by atoms with Gasteiger partial charge in [0.25, 0.3) is 0 Å². The van der Waals surface area contributed by atoms with Crippen molar-refractivity contribution in [1.29, 1.82) is 0 Å². The molecule has 0 aromatic rings. The van der Waals surface area contributed by atoms with Crippen LogP contribution in [-0.4, -0.2) is 23.4 Å². The lowest BCUT2D eigenvalue weighted by Crippen LogP contribution is -1.95. The maximum atomic E-state index is 8.89. The molecule has 0 bridgehead atoms. The van der Waals surface area contributed by atoms with E-state index in [0.717, 1.165) is 6.42 Å². The molecule has 4 N–H and O–H groups in total. The van der Waals surface area contributed by atoms with Crippen molar-refractivity contribution in [3.63, 3.8) is 0 Å². The zero-order valence-electron chi connectivity index (χ0n) is 7.03. The van der Waals surface area contributed by atoms with Gasteiger partial charge < -0.3 is 15.9 Å². The second-order valence-corrected chi connectivity index (χ2v) is 2.30. The highest BCUT2D eigenvalue weighted by molar-refractivity contribution is 5.26. The smallest absolute Gasteiger partial charge is 0.113 e. The van der Waals surface area contributed by atoms with E-state index >= 15 is 0 Å². The Morgan fingerprint density at radius 2 is 2.17 bits per heavy atom. The summed E-state index contributed by atoms with van der Waals surface area (Å²) in [7, 11) is 0. The van der Waals surface area contributed by atoms with Gasteiger partial charge in [-0.25, -0.2) is 0 Å². The average molecular weight is 169 g/mol. The molecule has 0 saturated heterocycles. The highest BCUT2D eigenvalue weighted by Crippen LogP contribution is 2.02. The third-order valence-corrected chi connectivity index (χ3v) is 1.31. The predicted molar refractivity (Wildman–Crippen MR) is 49.7 cm³/mol. The number of aliphatic hydroxyl groups excluding tert-OH is 2. The molecule has 3 heteroatoms. The molecule has 0 aliphatic carbocycles. The topological polar surface area (TPSA) is 66.5 Å². The summed E-state index contributed by atoms with van der Waals surface area (Å²) in [4.78, 5) is 0. The lowest BCUT2D eigenvalue weighted by molar-refractivity contribution is 0.315. The average Bonchev–Trinajstić information content (AvgIpc) is 2.04. The monoisotopic (exact) mass is 169 g/mol. The Morgan fingerprint density at radius 3 is 2.58 bits per heavy atom. The zero-order chi connectivity index (χ0) is 9.40. The third kappa shape index (κ3) is 4.71. The van der Waals surface area contributed by atoms with Gasteiger partial charge in [0.15, 0.2) is 0 Å². The highest BCUT2D eigenvalue weighted by atomic mass is 16.3. The van der Waals surface area contributed by atoms with Crippen molar-refractivity contribution >= 4 is 0 Å². The van der Waals surface area contributed by atoms with Gasteiger partial charge in [-0.05, 0) is 13.0 Å². The van der Waals surface area contributed by atoms with Crippen molar-refractivity contribution < 1.29 is 10.2 Å². The largest absolute Gasteiger partial charge is 0.508 e. The van der Waals surface area contributed by atoms with Crippen molar-refractivity contribution in [3.8, 4) is 0 Å². The van der Waals surface area contributed by atoms with E-state index in [1.807, 2.05) is 6.08 Å². The summed E-state index contributed by atoms with van der Waals surface area (Å²) in [6.07, 6.45) is 5.99. The lowest BCUT2D eigenvalue weighted by Gasteiger charge is -1.97. The number of hydrogen-bond acceptors (Lipinski definition) is 3. The van der Waals surface area contributed by atoms with Crippen LogP contribution in [0, 0.1) is 0 Å². The Bertz CT molecular complexity index is 195. The molecule has 12 heavy (non-hydrogen) atoms. The molecular weight excluding hydrogens is 154 g/mol. The fourth-order valence-corrected chi connectivity index (χ4v) is 0.617. The van der Waals surface area contributed by atoms with Crippen LogP contribution in [0.25, 0.3) is 0 Å². The summed E-state index contributed by atoms with van der Waals surface area (Å²) >= 11 is 0. The second-order valence-electron chi connectivity index (χ2n) is 2.30. The molecule has 0 heterocycles. The fourth-order valence-electron chi connectivity index (χ4n) is 0.617. The van der Waals surface area contributed by atoms with Crippen LogP contribution >= 0.6 is 0 Å². The van der Waals surface area contributed by atoms with Gasteiger partial charge in [0.2, 0.25) is 0 Å². The molecule has 0 aromatic heterocycles. The minimum atomic E-state index is -0.206. The lowest BCUT2D eigenvalue weighted by atomic mass is 10.2. The van der Waals surface area contributed by atoms with Gasteiger partial charge in [-0.15, -0.1) is 0 Å². The maximum Gasteiger partial charge on any atom is 0.113 e. The SMILES string of the molecule is C=C(O)/C(=C\C=C\CCN)CO. The van der Waals surface area contributed by atoms with Crippen LogP contribution in [0.5, 0.6) is 0 Å². The summed E-state index contributed by atoms with van der Waals surface area (Å²) in [5, 5.41) is 17.6. The van der Waals surface area contributed by atoms with Crippen LogP contribution in [0.3, 0.4) is 0 Å². The highest BCUT2D eigenvalue weighted by Gasteiger charge is 1.94. The molecule has 0 aliphatic heterocycles. The first-order valence-corrected chi connectivity index (χ1v) is 3.77. The first-order valence-electron chi connectivity index (χ1n) is 3.77. The Labute approximate surface area is 72.5 Å². The summed E-state index contributed by atoms with van der Waals surface area (Å²) in [5.74, 6) is -0.102. The quantitative estimate of drug-likeness (QED) is 0.423. The second kappa shape index (κ2) is 6.64. The van der Waals surface area contributed by atoms with Crippen molar-refractivity contribution in [2.75, 3.05) is 13.2 Å². The van der Waals surface area contributed by atoms with Crippen LogP contribution < -0.4 is 5.73 Å². The molecule has 0 fully saturated rings. The van der Waals surface area contributed by atoms with Crippen LogP contribution in [0.1, 0.15) is 6.42 Å². The van der Waals surface area contributed by atoms with E-state index in [9.17, 15) is 0 Å². The normalized spacial score (nSPS) is 12.3. The molecule has 0 amide bonds. The number of nitrogens with two attached hydrogens (primary N) is 1. The molecule has 0 aromatic carbocycles. The molecule has 0 aliphatic rings. The summed E-state index contributed by atoms with van der Waals surface area (Å²) in [6.45, 7) is 3.68. The van der Waals surface area contributed by atoms with Crippen molar-refractivity contribution in [3.05, 3.63) is 36.1 Å². The number of aliphatic hydroxyl groups is 2. The number of rotatable bonds is 5. The molecule has 68 valence electrons. The molecule has 0 saturated carbocycles. The van der Waals surface area contributed by atoms with Gasteiger partial charge in [0.1, 0.15) is 5.76 Å². The van der Waals surface area contributed by atoms with E-state index in [4.69, 9.17) is 15.9 Å². The third-order valence-electron chi connectivity index (χ3n) is 1.31. The molecular formula is C9H15NO2. The van der Waals surface area contributed by atoms with Gasteiger partial charge in [-0.3, -0.25) is 0 Å². The first kappa shape index (κ1) is 10.9. The Hall–Kier alpha value is -1.06. The van der Waals surface area contributed by atoms with Crippen molar-refractivity contribution in [1.82, 2.24) is 0 Å².